The summed E-state index contributed by atoms with van der Waals surface area (Å²) >= 11 is 0. The standard InChI is InChI=1S/C18H25N5O3/c1-22(2)17-19-11-12-5-10-26-18(15(12)21-17)6-8-23(9-7-18)16(25)13-3-4-14(24)20-13/h11,13H,3-10H2,1-2H3,(H,20,24). The molecule has 140 valence electrons. The Balaban J connectivity index is 1.51. The predicted molar refractivity (Wildman–Crippen MR) is 94.7 cm³/mol. The number of amides is 2. The molecule has 2 saturated heterocycles. The van der Waals surface area contributed by atoms with Crippen LogP contribution < -0.4 is 10.2 Å². The summed E-state index contributed by atoms with van der Waals surface area (Å²) in [6, 6.07) is -0.362. The first-order valence-electron chi connectivity index (χ1n) is 9.24. The molecule has 0 saturated carbocycles. The van der Waals surface area contributed by atoms with E-state index in [0.717, 1.165) is 30.5 Å². The van der Waals surface area contributed by atoms with Gasteiger partial charge in [0.15, 0.2) is 0 Å². The molecule has 2 amide bonds. The summed E-state index contributed by atoms with van der Waals surface area (Å²) < 4.78 is 6.22. The monoisotopic (exact) mass is 359 g/mol. The maximum absolute atomic E-state index is 12.6. The third kappa shape index (κ3) is 2.92. The molecule has 3 aliphatic heterocycles. The average molecular weight is 359 g/mol. The number of rotatable bonds is 2. The largest absolute Gasteiger partial charge is 0.368 e. The third-order valence-electron chi connectivity index (χ3n) is 5.61. The molecule has 1 aromatic rings. The summed E-state index contributed by atoms with van der Waals surface area (Å²) in [6.45, 7) is 1.89. The van der Waals surface area contributed by atoms with Crippen molar-refractivity contribution >= 4 is 17.8 Å². The van der Waals surface area contributed by atoms with Crippen molar-refractivity contribution in [3.05, 3.63) is 17.5 Å². The van der Waals surface area contributed by atoms with Gasteiger partial charge >= 0.3 is 0 Å². The molecular formula is C18H25N5O3. The molecule has 3 aliphatic rings. The minimum absolute atomic E-state index is 0.0263. The van der Waals surface area contributed by atoms with Crippen molar-refractivity contribution in [3.63, 3.8) is 0 Å². The molecule has 0 bridgehead atoms. The first-order chi connectivity index (χ1) is 12.5. The van der Waals surface area contributed by atoms with Gasteiger partial charge < -0.3 is 19.9 Å². The van der Waals surface area contributed by atoms with Crippen molar-refractivity contribution in [1.82, 2.24) is 20.2 Å². The number of fused-ring (bicyclic) bond motifs is 2. The molecular weight excluding hydrogens is 334 g/mol. The third-order valence-corrected chi connectivity index (χ3v) is 5.61. The van der Waals surface area contributed by atoms with Crippen molar-refractivity contribution in [1.29, 1.82) is 0 Å². The zero-order chi connectivity index (χ0) is 18.3. The lowest BCUT2D eigenvalue weighted by Gasteiger charge is -2.44. The fourth-order valence-corrected chi connectivity index (χ4v) is 4.10. The highest BCUT2D eigenvalue weighted by Crippen LogP contribution is 2.40. The SMILES string of the molecule is CN(C)c1ncc2c(n1)C1(CCN(C(=O)C3CCC(=O)N3)CC1)OCC2. The second kappa shape index (κ2) is 6.50. The fraction of sp³-hybridized carbons (Fsp3) is 0.667. The first-order valence-corrected chi connectivity index (χ1v) is 9.24. The zero-order valence-corrected chi connectivity index (χ0v) is 15.3. The molecule has 4 heterocycles. The zero-order valence-electron chi connectivity index (χ0n) is 15.3. The van der Waals surface area contributed by atoms with E-state index in [1.54, 1.807) is 0 Å². The van der Waals surface area contributed by atoms with Gasteiger partial charge in [-0.3, -0.25) is 9.59 Å². The van der Waals surface area contributed by atoms with E-state index in [1.165, 1.54) is 0 Å². The topological polar surface area (TPSA) is 87.7 Å². The highest BCUT2D eigenvalue weighted by molar-refractivity contribution is 5.90. The second-order valence-electron chi connectivity index (χ2n) is 7.52. The molecule has 1 unspecified atom stereocenters. The number of nitrogens with zero attached hydrogens (tertiary/aromatic N) is 4. The van der Waals surface area contributed by atoms with Crippen molar-refractivity contribution < 1.29 is 14.3 Å². The van der Waals surface area contributed by atoms with Crippen molar-refractivity contribution in [2.45, 2.75) is 43.7 Å². The molecule has 8 nitrogen and oxygen atoms in total. The van der Waals surface area contributed by atoms with E-state index in [-0.39, 0.29) is 17.9 Å². The summed E-state index contributed by atoms with van der Waals surface area (Å²) in [5.41, 5.74) is 1.69. The molecule has 2 fully saturated rings. The van der Waals surface area contributed by atoms with E-state index in [2.05, 4.69) is 10.3 Å². The summed E-state index contributed by atoms with van der Waals surface area (Å²) in [4.78, 5) is 37.0. The smallest absolute Gasteiger partial charge is 0.245 e. The summed E-state index contributed by atoms with van der Waals surface area (Å²) in [7, 11) is 3.85. The molecule has 1 atom stereocenters. The van der Waals surface area contributed by atoms with Crippen LogP contribution in [0, 0.1) is 0 Å². The van der Waals surface area contributed by atoms with E-state index < -0.39 is 5.60 Å². The van der Waals surface area contributed by atoms with Crippen LogP contribution in [0.5, 0.6) is 0 Å². The number of hydrogen-bond donors (Lipinski definition) is 1. The van der Waals surface area contributed by atoms with Gasteiger partial charge in [0.05, 0.1) is 12.3 Å². The normalized spacial score (nSPS) is 24.3. The Labute approximate surface area is 152 Å². The van der Waals surface area contributed by atoms with Crippen molar-refractivity contribution in [2.75, 3.05) is 38.7 Å². The Morgan fingerprint density at radius 3 is 2.77 bits per heavy atom. The van der Waals surface area contributed by atoms with Crippen LogP contribution in [-0.4, -0.2) is 66.5 Å². The van der Waals surface area contributed by atoms with Gasteiger partial charge in [-0.25, -0.2) is 9.97 Å². The number of aromatic nitrogens is 2. The molecule has 0 aromatic carbocycles. The van der Waals surface area contributed by atoms with Gasteiger partial charge in [0.25, 0.3) is 0 Å². The Morgan fingerprint density at radius 1 is 1.35 bits per heavy atom. The first kappa shape index (κ1) is 17.2. The van der Waals surface area contributed by atoms with Gasteiger partial charge in [0.1, 0.15) is 11.6 Å². The Kier molecular flexibility index (Phi) is 4.30. The summed E-state index contributed by atoms with van der Waals surface area (Å²) in [6.07, 6.45) is 5.20. The molecule has 0 radical (unpaired) electrons. The quantitative estimate of drug-likeness (QED) is 0.812. The van der Waals surface area contributed by atoms with E-state index in [1.807, 2.05) is 30.1 Å². The molecule has 8 heteroatoms. The van der Waals surface area contributed by atoms with Crippen molar-refractivity contribution in [3.8, 4) is 0 Å². The molecule has 1 spiro atoms. The number of anilines is 1. The summed E-state index contributed by atoms with van der Waals surface area (Å²) in [5.74, 6) is 0.675. The number of nitrogens with one attached hydrogen (secondary N) is 1. The van der Waals surface area contributed by atoms with Gasteiger partial charge in [-0.1, -0.05) is 0 Å². The Bertz CT molecular complexity index is 728. The van der Waals surface area contributed by atoms with Crippen LogP contribution in [0.3, 0.4) is 0 Å². The minimum Gasteiger partial charge on any atom is -0.368 e. The molecule has 1 N–H and O–H groups in total. The van der Waals surface area contributed by atoms with Crippen molar-refractivity contribution in [2.24, 2.45) is 0 Å². The Morgan fingerprint density at radius 2 is 2.12 bits per heavy atom. The number of carbonyl (C=O) groups excluding carboxylic acids is 2. The lowest BCUT2D eigenvalue weighted by molar-refractivity contribution is -0.143. The highest BCUT2D eigenvalue weighted by atomic mass is 16.5. The molecule has 26 heavy (non-hydrogen) atoms. The number of ether oxygens (including phenoxy) is 1. The van der Waals surface area contributed by atoms with Gasteiger partial charge in [-0.05, 0) is 31.2 Å². The van der Waals surface area contributed by atoms with Crippen LogP contribution in [0.4, 0.5) is 5.95 Å². The van der Waals surface area contributed by atoms with Crippen LogP contribution in [0.2, 0.25) is 0 Å². The van der Waals surface area contributed by atoms with E-state index in [0.29, 0.717) is 38.5 Å². The van der Waals surface area contributed by atoms with Gasteiger partial charge in [-0.15, -0.1) is 0 Å². The van der Waals surface area contributed by atoms with E-state index in [9.17, 15) is 9.59 Å². The number of piperidine rings is 1. The lowest BCUT2D eigenvalue weighted by atomic mass is 9.83. The lowest BCUT2D eigenvalue weighted by Crippen LogP contribution is -2.52. The van der Waals surface area contributed by atoms with Crippen LogP contribution in [0.1, 0.15) is 36.9 Å². The molecule has 0 aliphatic carbocycles. The predicted octanol–water partition coefficient (Wildman–Crippen LogP) is 0.212. The minimum atomic E-state index is -0.434. The Hall–Kier alpha value is -2.22. The highest BCUT2D eigenvalue weighted by Gasteiger charge is 2.44. The van der Waals surface area contributed by atoms with Crippen LogP contribution in [0.25, 0.3) is 0 Å². The van der Waals surface area contributed by atoms with Crippen LogP contribution in [0.15, 0.2) is 6.20 Å². The fourth-order valence-electron chi connectivity index (χ4n) is 4.10. The van der Waals surface area contributed by atoms with Crippen LogP contribution >= 0.6 is 0 Å². The van der Waals surface area contributed by atoms with Gasteiger partial charge in [0, 0.05) is 39.8 Å². The average Bonchev–Trinajstić information content (AvgIpc) is 3.08. The van der Waals surface area contributed by atoms with Gasteiger partial charge in [-0.2, -0.15) is 0 Å². The van der Waals surface area contributed by atoms with Crippen LogP contribution in [-0.2, 0) is 26.3 Å². The number of hydrogen-bond acceptors (Lipinski definition) is 6. The second-order valence-corrected chi connectivity index (χ2v) is 7.52. The molecule has 1 aromatic heterocycles. The summed E-state index contributed by atoms with van der Waals surface area (Å²) in [5, 5.41) is 2.77. The van der Waals surface area contributed by atoms with Gasteiger partial charge in [0.2, 0.25) is 17.8 Å². The van der Waals surface area contributed by atoms with E-state index >= 15 is 0 Å². The maximum Gasteiger partial charge on any atom is 0.245 e. The van der Waals surface area contributed by atoms with E-state index in [4.69, 9.17) is 9.72 Å². The maximum atomic E-state index is 12.6. The number of carbonyl (C=O) groups is 2. The molecule has 4 rings (SSSR count). The number of likely N-dealkylation sites (tertiary alicyclic amines) is 1.